The largest absolute Gasteiger partial charge is 0.487 e. The highest BCUT2D eigenvalue weighted by Gasteiger charge is 2.37. The summed E-state index contributed by atoms with van der Waals surface area (Å²) in [6.07, 6.45) is 3.92. The molecule has 0 spiro atoms. The van der Waals surface area contributed by atoms with E-state index >= 15 is 0 Å². The Hall–Kier alpha value is -4.01. The van der Waals surface area contributed by atoms with Crippen molar-refractivity contribution in [1.82, 2.24) is 25.2 Å². The Labute approximate surface area is 197 Å². The van der Waals surface area contributed by atoms with Gasteiger partial charge < -0.3 is 19.7 Å². The number of likely N-dealkylation sites (N-methyl/N-ethyl adjacent to an activating group) is 1. The summed E-state index contributed by atoms with van der Waals surface area (Å²) in [5.74, 6) is 0.0302. The molecule has 176 valence electrons. The van der Waals surface area contributed by atoms with Crippen LogP contribution in [0.5, 0.6) is 5.75 Å². The lowest BCUT2D eigenvalue weighted by molar-refractivity contribution is -0.125. The van der Waals surface area contributed by atoms with E-state index in [1.165, 1.54) is 17.5 Å². The third kappa shape index (κ3) is 5.14. The summed E-state index contributed by atoms with van der Waals surface area (Å²) in [6, 6.07) is 14.7. The molecule has 2 amide bonds. The molecule has 1 unspecified atom stereocenters. The number of aldehydes is 1. The van der Waals surface area contributed by atoms with Crippen LogP contribution in [0.4, 0.5) is 0 Å². The maximum atomic E-state index is 13.0. The molecule has 1 aliphatic rings. The average Bonchev–Trinajstić information content (AvgIpc) is 3.47. The quantitative estimate of drug-likeness (QED) is 0.439. The minimum Gasteiger partial charge on any atom is -0.487 e. The normalized spacial score (nSPS) is 13.4. The number of nitrogens with zero attached hydrogens (tertiary/aromatic N) is 4. The zero-order valence-electron chi connectivity index (χ0n) is 19.0. The fourth-order valence-electron chi connectivity index (χ4n) is 4.09. The van der Waals surface area contributed by atoms with Gasteiger partial charge in [-0.3, -0.25) is 14.3 Å². The Bertz CT molecular complexity index is 1160. The number of hydrogen-bond donors (Lipinski definition) is 1. The molecule has 0 saturated carbocycles. The summed E-state index contributed by atoms with van der Waals surface area (Å²) < 4.78 is 7.79. The summed E-state index contributed by atoms with van der Waals surface area (Å²) in [5.41, 5.74) is 3.14. The number of rotatable bonds is 11. The van der Waals surface area contributed by atoms with E-state index in [1.54, 1.807) is 22.9 Å². The van der Waals surface area contributed by atoms with E-state index in [0.29, 0.717) is 23.6 Å². The van der Waals surface area contributed by atoms with Crippen LogP contribution in [0, 0.1) is 0 Å². The first-order valence-electron chi connectivity index (χ1n) is 11.2. The molecule has 1 N–H and O–H groups in total. The number of benzene rings is 2. The highest BCUT2D eigenvalue weighted by Crippen LogP contribution is 2.33. The van der Waals surface area contributed by atoms with Crippen LogP contribution >= 0.6 is 0 Å². The van der Waals surface area contributed by atoms with Gasteiger partial charge in [0.2, 0.25) is 5.91 Å². The summed E-state index contributed by atoms with van der Waals surface area (Å²) >= 11 is 0. The van der Waals surface area contributed by atoms with Gasteiger partial charge in [-0.05, 0) is 30.5 Å². The summed E-state index contributed by atoms with van der Waals surface area (Å²) in [7, 11) is 1.52. The number of carbonyl (C=O) groups excluding carboxylic acids is 3. The van der Waals surface area contributed by atoms with E-state index in [2.05, 4.69) is 27.8 Å². The van der Waals surface area contributed by atoms with Crippen molar-refractivity contribution in [3.05, 3.63) is 77.1 Å². The molecular weight excluding hydrogens is 434 g/mol. The van der Waals surface area contributed by atoms with Crippen molar-refractivity contribution in [2.45, 2.75) is 45.0 Å². The molecule has 2 aromatic carbocycles. The van der Waals surface area contributed by atoms with Gasteiger partial charge in [0.15, 0.2) is 0 Å². The van der Waals surface area contributed by atoms with E-state index < -0.39 is 6.04 Å². The fraction of sp³-hybridized carbons (Fsp3) is 0.320. The molecule has 0 bridgehead atoms. The van der Waals surface area contributed by atoms with E-state index in [4.69, 9.17) is 4.74 Å². The SMILES string of the molecule is CNC(=O)C(CCC=O)N1Cc2c(OCc3cn(CCc4ccccc4)nn3)cccc2C1=O. The maximum Gasteiger partial charge on any atom is 0.255 e. The van der Waals surface area contributed by atoms with Gasteiger partial charge >= 0.3 is 0 Å². The predicted molar refractivity (Wildman–Crippen MR) is 124 cm³/mol. The van der Waals surface area contributed by atoms with Crippen LogP contribution in [0.3, 0.4) is 0 Å². The molecule has 0 aliphatic carbocycles. The van der Waals surface area contributed by atoms with Crippen LogP contribution in [-0.4, -0.2) is 51.1 Å². The number of carbonyl (C=O) groups is 3. The number of hydrogen-bond acceptors (Lipinski definition) is 6. The molecule has 0 saturated heterocycles. The van der Waals surface area contributed by atoms with E-state index in [0.717, 1.165) is 18.3 Å². The van der Waals surface area contributed by atoms with Gasteiger partial charge in [0, 0.05) is 31.1 Å². The molecule has 9 heteroatoms. The molecule has 4 rings (SSSR count). The lowest BCUT2D eigenvalue weighted by Crippen LogP contribution is -2.46. The zero-order chi connectivity index (χ0) is 23.9. The fourth-order valence-corrected chi connectivity index (χ4v) is 4.09. The molecule has 9 nitrogen and oxygen atoms in total. The Balaban J connectivity index is 1.41. The number of ether oxygens (including phenoxy) is 1. The first-order chi connectivity index (χ1) is 16.6. The van der Waals surface area contributed by atoms with Crippen LogP contribution < -0.4 is 10.1 Å². The lowest BCUT2D eigenvalue weighted by Gasteiger charge is -2.25. The van der Waals surface area contributed by atoms with E-state index in [-0.39, 0.29) is 37.8 Å². The standard InChI is InChI=1S/C25H27N5O4/c1-26-24(32)22(10-6-14-31)30-16-21-20(25(30)33)9-5-11-23(21)34-17-19-15-29(28-27-19)13-12-18-7-3-2-4-8-18/h2-5,7-9,11,14-15,22H,6,10,12-13,16-17H2,1H3,(H,26,32). The first-order valence-corrected chi connectivity index (χ1v) is 11.2. The Morgan fingerprint density at radius 2 is 2.03 bits per heavy atom. The average molecular weight is 462 g/mol. The second-order valence-electron chi connectivity index (χ2n) is 8.09. The minimum atomic E-state index is -0.715. The van der Waals surface area contributed by atoms with Crippen molar-refractivity contribution < 1.29 is 19.1 Å². The summed E-state index contributed by atoms with van der Waals surface area (Å²) in [4.78, 5) is 37.7. The highest BCUT2D eigenvalue weighted by atomic mass is 16.5. The van der Waals surface area contributed by atoms with Gasteiger partial charge in [0.1, 0.15) is 30.4 Å². The van der Waals surface area contributed by atoms with Gasteiger partial charge in [-0.2, -0.15) is 0 Å². The number of aromatic nitrogens is 3. The predicted octanol–water partition coefficient (Wildman–Crippen LogP) is 2.15. The smallest absolute Gasteiger partial charge is 0.255 e. The third-order valence-corrected chi connectivity index (χ3v) is 5.87. The first kappa shape index (κ1) is 23.2. The highest BCUT2D eigenvalue weighted by molar-refractivity contribution is 6.01. The van der Waals surface area contributed by atoms with Crippen LogP contribution in [0.25, 0.3) is 0 Å². The van der Waals surface area contributed by atoms with Gasteiger partial charge in [-0.25, -0.2) is 0 Å². The molecule has 1 atom stereocenters. The topological polar surface area (TPSA) is 106 Å². The monoisotopic (exact) mass is 461 g/mol. The second-order valence-corrected chi connectivity index (χ2v) is 8.09. The third-order valence-electron chi connectivity index (χ3n) is 5.87. The molecular formula is C25H27N5O4. The summed E-state index contributed by atoms with van der Waals surface area (Å²) in [6.45, 7) is 1.16. The van der Waals surface area contributed by atoms with Gasteiger partial charge in [-0.1, -0.05) is 41.6 Å². The van der Waals surface area contributed by atoms with Crippen molar-refractivity contribution in [2.75, 3.05) is 7.05 Å². The van der Waals surface area contributed by atoms with E-state index in [1.807, 2.05) is 24.4 Å². The molecule has 0 fully saturated rings. The van der Waals surface area contributed by atoms with Crippen LogP contribution in [-0.2, 0) is 35.7 Å². The van der Waals surface area contributed by atoms with Crippen LogP contribution in [0.1, 0.15) is 40.0 Å². The number of amides is 2. The maximum absolute atomic E-state index is 13.0. The Morgan fingerprint density at radius 3 is 2.79 bits per heavy atom. The molecule has 34 heavy (non-hydrogen) atoms. The molecule has 1 aliphatic heterocycles. The molecule has 1 aromatic heterocycles. The van der Waals surface area contributed by atoms with Crippen LogP contribution in [0.15, 0.2) is 54.7 Å². The van der Waals surface area contributed by atoms with Crippen molar-refractivity contribution in [1.29, 1.82) is 0 Å². The summed E-state index contributed by atoms with van der Waals surface area (Å²) in [5, 5.41) is 10.9. The number of aryl methyl sites for hydroxylation is 2. The van der Waals surface area contributed by atoms with Crippen molar-refractivity contribution >= 4 is 18.1 Å². The van der Waals surface area contributed by atoms with Gasteiger partial charge in [0.05, 0.1) is 12.7 Å². The Kier molecular flexibility index (Phi) is 7.31. The Morgan fingerprint density at radius 1 is 1.21 bits per heavy atom. The van der Waals surface area contributed by atoms with Gasteiger partial charge in [0.25, 0.3) is 5.91 Å². The zero-order valence-corrected chi connectivity index (χ0v) is 19.0. The minimum absolute atomic E-state index is 0.196. The molecule has 0 radical (unpaired) electrons. The number of fused-ring (bicyclic) bond motifs is 1. The lowest BCUT2D eigenvalue weighted by atomic mass is 10.1. The van der Waals surface area contributed by atoms with Crippen LogP contribution in [0.2, 0.25) is 0 Å². The van der Waals surface area contributed by atoms with E-state index in [9.17, 15) is 14.4 Å². The van der Waals surface area contributed by atoms with Crippen molar-refractivity contribution in [2.24, 2.45) is 0 Å². The molecule has 2 heterocycles. The number of nitrogens with one attached hydrogen (secondary N) is 1. The van der Waals surface area contributed by atoms with Crippen molar-refractivity contribution in [3.8, 4) is 5.75 Å². The van der Waals surface area contributed by atoms with Crippen molar-refractivity contribution in [3.63, 3.8) is 0 Å². The second kappa shape index (κ2) is 10.7. The van der Waals surface area contributed by atoms with Gasteiger partial charge in [-0.15, -0.1) is 5.10 Å². The molecule has 3 aromatic rings.